The van der Waals surface area contributed by atoms with Crippen LogP contribution in [0.25, 0.3) is 0 Å². The van der Waals surface area contributed by atoms with E-state index in [0.717, 1.165) is 17.8 Å². The van der Waals surface area contributed by atoms with Crippen molar-refractivity contribution in [2.75, 3.05) is 12.4 Å². The van der Waals surface area contributed by atoms with Gasteiger partial charge in [-0.25, -0.2) is 0 Å². The van der Waals surface area contributed by atoms with Crippen LogP contribution in [0.1, 0.15) is 12.5 Å². The second kappa shape index (κ2) is 4.90. The van der Waals surface area contributed by atoms with Crippen molar-refractivity contribution < 1.29 is 4.74 Å². The number of aryl methyl sites for hydroxylation is 2. The summed E-state index contributed by atoms with van der Waals surface area (Å²) < 4.78 is 8.78. The Bertz CT molecular complexity index is 488. The van der Waals surface area contributed by atoms with Crippen molar-refractivity contribution in [3.63, 3.8) is 0 Å². The van der Waals surface area contributed by atoms with E-state index in [2.05, 4.69) is 22.4 Å². The molecule has 0 radical (unpaired) electrons. The third kappa shape index (κ3) is 2.58. The minimum atomic E-state index is 0.607. The van der Waals surface area contributed by atoms with Gasteiger partial charge >= 0.3 is 0 Å². The third-order valence-corrected chi connectivity index (χ3v) is 2.48. The molecule has 0 saturated heterocycles. The SMILES string of the molecule is CCn1cc(CNc2cn(C)nc2OC)cn1. The maximum Gasteiger partial charge on any atom is 0.256 e. The Labute approximate surface area is 100 Å². The van der Waals surface area contributed by atoms with Gasteiger partial charge < -0.3 is 10.1 Å². The van der Waals surface area contributed by atoms with E-state index in [-0.39, 0.29) is 0 Å². The highest BCUT2D eigenvalue weighted by Gasteiger charge is 2.07. The molecule has 0 aromatic carbocycles. The molecule has 0 aliphatic rings. The Morgan fingerprint density at radius 1 is 1.41 bits per heavy atom. The molecule has 0 aliphatic carbocycles. The van der Waals surface area contributed by atoms with Crippen LogP contribution in [-0.4, -0.2) is 26.7 Å². The first-order valence-electron chi connectivity index (χ1n) is 5.55. The lowest BCUT2D eigenvalue weighted by Gasteiger charge is -2.03. The van der Waals surface area contributed by atoms with Gasteiger partial charge in [0.1, 0.15) is 5.69 Å². The summed E-state index contributed by atoms with van der Waals surface area (Å²) in [5.74, 6) is 0.607. The Hall–Kier alpha value is -1.98. The Morgan fingerprint density at radius 2 is 2.24 bits per heavy atom. The van der Waals surface area contributed by atoms with Crippen LogP contribution in [0.3, 0.4) is 0 Å². The molecule has 6 heteroatoms. The van der Waals surface area contributed by atoms with Crippen LogP contribution in [0, 0.1) is 0 Å². The molecule has 0 amide bonds. The maximum atomic E-state index is 5.17. The topological polar surface area (TPSA) is 56.9 Å². The van der Waals surface area contributed by atoms with Gasteiger partial charge in [-0.05, 0) is 6.92 Å². The lowest BCUT2D eigenvalue weighted by molar-refractivity contribution is 0.393. The molecule has 0 spiro atoms. The van der Waals surface area contributed by atoms with Crippen molar-refractivity contribution in [2.24, 2.45) is 7.05 Å². The smallest absolute Gasteiger partial charge is 0.256 e. The van der Waals surface area contributed by atoms with Crippen LogP contribution in [0.5, 0.6) is 5.88 Å². The molecule has 1 N–H and O–H groups in total. The Balaban J connectivity index is 2.01. The zero-order valence-electron chi connectivity index (χ0n) is 10.3. The summed E-state index contributed by atoms with van der Waals surface area (Å²) in [6.45, 7) is 3.66. The van der Waals surface area contributed by atoms with Crippen LogP contribution in [-0.2, 0) is 20.1 Å². The molecule has 2 heterocycles. The summed E-state index contributed by atoms with van der Waals surface area (Å²) in [7, 11) is 3.48. The largest absolute Gasteiger partial charge is 0.478 e. The van der Waals surface area contributed by atoms with Crippen LogP contribution in [0.2, 0.25) is 0 Å². The van der Waals surface area contributed by atoms with Crippen molar-refractivity contribution >= 4 is 5.69 Å². The normalized spacial score (nSPS) is 10.5. The third-order valence-electron chi connectivity index (χ3n) is 2.48. The number of aromatic nitrogens is 4. The maximum absolute atomic E-state index is 5.17. The number of methoxy groups -OCH3 is 1. The fourth-order valence-corrected chi connectivity index (χ4v) is 1.61. The second-order valence-corrected chi connectivity index (χ2v) is 3.78. The van der Waals surface area contributed by atoms with E-state index in [4.69, 9.17) is 4.74 Å². The average Bonchev–Trinajstić information content (AvgIpc) is 2.92. The molecule has 0 saturated carbocycles. The lowest BCUT2D eigenvalue weighted by Crippen LogP contribution is -1.99. The standard InChI is InChI=1S/C11H17N5O/c1-4-16-7-9(6-13-16)5-12-10-8-15(2)14-11(10)17-3/h6-8,12H,4-5H2,1-3H3. The molecule has 92 valence electrons. The van der Waals surface area contributed by atoms with E-state index in [9.17, 15) is 0 Å². The molecule has 17 heavy (non-hydrogen) atoms. The van der Waals surface area contributed by atoms with Gasteiger partial charge in [0.25, 0.3) is 5.88 Å². The van der Waals surface area contributed by atoms with Crippen LogP contribution in [0.15, 0.2) is 18.6 Å². The van der Waals surface area contributed by atoms with Crippen molar-refractivity contribution in [1.82, 2.24) is 19.6 Å². The monoisotopic (exact) mass is 235 g/mol. The number of nitrogens with zero attached hydrogens (tertiary/aromatic N) is 4. The van der Waals surface area contributed by atoms with Gasteiger partial charge in [-0.1, -0.05) is 0 Å². The first-order chi connectivity index (χ1) is 8.22. The zero-order chi connectivity index (χ0) is 12.3. The molecule has 0 atom stereocenters. The van der Waals surface area contributed by atoms with Crippen molar-refractivity contribution in [3.05, 3.63) is 24.2 Å². The molecule has 2 aromatic heterocycles. The quantitative estimate of drug-likeness (QED) is 0.847. The number of nitrogens with one attached hydrogen (secondary N) is 1. The van der Waals surface area contributed by atoms with Gasteiger partial charge in [-0.3, -0.25) is 9.36 Å². The van der Waals surface area contributed by atoms with Gasteiger partial charge in [0.05, 0.1) is 19.5 Å². The van der Waals surface area contributed by atoms with E-state index in [0.29, 0.717) is 12.4 Å². The van der Waals surface area contributed by atoms with Gasteiger partial charge in [0, 0.05) is 31.9 Å². The molecule has 0 aliphatic heterocycles. The molecular formula is C11H17N5O. The highest BCUT2D eigenvalue weighted by atomic mass is 16.5. The summed E-state index contributed by atoms with van der Waals surface area (Å²) >= 11 is 0. The van der Waals surface area contributed by atoms with E-state index in [1.54, 1.807) is 11.8 Å². The van der Waals surface area contributed by atoms with E-state index < -0.39 is 0 Å². The fourth-order valence-electron chi connectivity index (χ4n) is 1.61. The number of anilines is 1. The van der Waals surface area contributed by atoms with Gasteiger partial charge in [0.15, 0.2) is 0 Å². The highest BCUT2D eigenvalue weighted by molar-refractivity contribution is 5.51. The fraction of sp³-hybridized carbons (Fsp3) is 0.455. The molecule has 0 fully saturated rings. The zero-order valence-corrected chi connectivity index (χ0v) is 10.3. The molecule has 2 rings (SSSR count). The second-order valence-electron chi connectivity index (χ2n) is 3.78. The first-order valence-corrected chi connectivity index (χ1v) is 5.55. The molecular weight excluding hydrogens is 218 g/mol. The van der Waals surface area contributed by atoms with Crippen LogP contribution < -0.4 is 10.1 Å². The average molecular weight is 235 g/mol. The molecule has 2 aromatic rings. The van der Waals surface area contributed by atoms with Crippen molar-refractivity contribution in [2.45, 2.75) is 20.0 Å². The van der Waals surface area contributed by atoms with Crippen molar-refractivity contribution in [1.29, 1.82) is 0 Å². The first kappa shape index (κ1) is 11.5. The van der Waals surface area contributed by atoms with Gasteiger partial charge in [0.2, 0.25) is 0 Å². The number of hydrogen-bond acceptors (Lipinski definition) is 4. The summed E-state index contributed by atoms with van der Waals surface area (Å²) in [5.41, 5.74) is 2.03. The van der Waals surface area contributed by atoms with Crippen molar-refractivity contribution in [3.8, 4) is 5.88 Å². The van der Waals surface area contributed by atoms with Crippen LogP contribution in [0.4, 0.5) is 5.69 Å². The van der Waals surface area contributed by atoms with E-state index in [1.165, 1.54) is 0 Å². The number of ether oxygens (including phenoxy) is 1. The van der Waals surface area contributed by atoms with E-state index >= 15 is 0 Å². The van der Waals surface area contributed by atoms with Gasteiger partial charge in [-0.15, -0.1) is 5.10 Å². The summed E-state index contributed by atoms with van der Waals surface area (Å²) in [4.78, 5) is 0. The molecule has 0 bridgehead atoms. The summed E-state index contributed by atoms with van der Waals surface area (Å²) in [6.07, 6.45) is 5.78. The minimum Gasteiger partial charge on any atom is -0.478 e. The van der Waals surface area contributed by atoms with E-state index in [1.807, 2.05) is 30.3 Å². The Kier molecular flexibility index (Phi) is 3.32. The van der Waals surface area contributed by atoms with Crippen LogP contribution >= 0.6 is 0 Å². The lowest BCUT2D eigenvalue weighted by atomic mass is 10.3. The predicted molar refractivity (Wildman–Crippen MR) is 65.0 cm³/mol. The number of rotatable bonds is 5. The molecule has 0 unspecified atom stereocenters. The Morgan fingerprint density at radius 3 is 2.88 bits per heavy atom. The summed E-state index contributed by atoms with van der Waals surface area (Å²) in [6, 6.07) is 0. The van der Waals surface area contributed by atoms with Gasteiger partial charge in [-0.2, -0.15) is 5.10 Å². The highest BCUT2D eigenvalue weighted by Crippen LogP contribution is 2.21. The molecule has 6 nitrogen and oxygen atoms in total. The summed E-state index contributed by atoms with van der Waals surface area (Å²) in [5, 5.41) is 11.7. The number of hydrogen-bond donors (Lipinski definition) is 1. The minimum absolute atomic E-state index is 0.607. The predicted octanol–water partition coefficient (Wildman–Crippen LogP) is 1.26.